The Morgan fingerprint density at radius 2 is 2.17 bits per heavy atom. The van der Waals surface area contributed by atoms with Crippen LogP contribution in [0.5, 0.6) is 0 Å². The van der Waals surface area contributed by atoms with E-state index in [0.717, 1.165) is 19.3 Å². The Balaban J connectivity index is 1.95. The van der Waals surface area contributed by atoms with Gasteiger partial charge >= 0.3 is 0 Å². The van der Waals surface area contributed by atoms with E-state index in [1.807, 2.05) is 6.20 Å². The predicted octanol–water partition coefficient (Wildman–Crippen LogP) is 3.09. The maximum atomic E-state index is 10.1. The Bertz CT molecular complexity index is 406. The largest absolute Gasteiger partial charge is 0.393 e. The molecule has 3 heteroatoms. The van der Waals surface area contributed by atoms with Gasteiger partial charge in [0.1, 0.15) is 5.82 Å². The lowest BCUT2D eigenvalue weighted by molar-refractivity contribution is 0.0164. The second kappa shape index (κ2) is 4.69. The molecule has 0 aromatic carbocycles. The van der Waals surface area contributed by atoms with E-state index < -0.39 is 0 Å². The van der Waals surface area contributed by atoms with Crippen molar-refractivity contribution in [3.8, 4) is 0 Å². The highest BCUT2D eigenvalue weighted by molar-refractivity contribution is 5.04. The van der Waals surface area contributed by atoms with Gasteiger partial charge in [0.15, 0.2) is 0 Å². The Labute approximate surface area is 109 Å². The van der Waals surface area contributed by atoms with Crippen molar-refractivity contribution in [3.63, 3.8) is 0 Å². The molecule has 18 heavy (non-hydrogen) atoms. The minimum Gasteiger partial charge on any atom is -0.393 e. The number of imidazole rings is 1. The third-order valence-electron chi connectivity index (χ3n) is 5.18. The van der Waals surface area contributed by atoms with Crippen LogP contribution in [0.2, 0.25) is 0 Å². The molecule has 0 radical (unpaired) electrons. The number of aliphatic hydroxyl groups is 1. The van der Waals surface area contributed by atoms with Crippen molar-refractivity contribution in [2.45, 2.75) is 70.4 Å². The van der Waals surface area contributed by atoms with E-state index in [9.17, 15) is 5.11 Å². The van der Waals surface area contributed by atoms with Gasteiger partial charge in [-0.25, -0.2) is 4.98 Å². The van der Waals surface area contributed by atoms with Crippen LogP contribution in [-0.4, -0.2) is 20.8 Å². The Hall–Kier alpha value is -0.830. The van der Waals surface area contributed by atoms with Gasteiger partial charge in [0.2, 0.25) is 0 Å². The molecule has 0 bridgehead atoms. The second-order valence-corrected chi connectivity index (χ2v) is 6.12. The van der Waals surface area contributed by atoms with Gasteiger partial charge in [-0.15, -0.1) is 0 Å². The zero-order valence-corrected chi connectivity index (χ0v) is 11.3. The first kappa shape index (κ1) is 12.2. The fourth-order valence-electron chi connectivity index (χ4n) is 4.22. The molecule has 3 rings (SSSR count). The van der Waals surface area contributed by atoms with Gasteiger partial charge in [-0.1, -0.05) is 19.8 Å². The SMILES string of the molecule is CCc1nccn1C1CC(O)CCC12CCCC2. The molecule has 2 fully saturated rings. The van der Waals surface area contributed by atoms with E-state index in [1.54, 1.807) is 0 Å². The van der Waals surface area contributed by atoms with E-state index in [2.05, 4.69) is 22.7 Å². The lowest BCUT2D eigenvalue weighted by Crippen LogP contribution is -2.38. The molecule has 1 aromatic heterocycles. The van der Waals surface area contributed by atoms with Gasteiger partial charge in [0.25, 0.3) is 0 Å². The van der Waals surface area contributed by atoms with E-state index >= 15 is 0 Å². The van der Waals surface area contributed by atoms with E-state index in [-0.39, 0.29) is 6.10 Å². The first-order valence-electron chi connectivity index (χ1n) is 7.45. The van der Waals surface area contributed by atoms with Crippen molar-refractivity contribution >= 4 is 0 Å². The van der Waals surface area contributed by atoms with Crippen molar-refractivity contribution in [2.24, 2.45) is 5.41 Å². The molecule has 2 atom stereocenters. The van der Waals surface area contributed by atoms with Crippen molar-refractivity contribution in [3.05, 3.63) is 18.2 Å². The molecule has 0 amide bonds. The van der Waals surface area contributed by atoms with Gasteiger partial charge < -0.3 is 9.67 Å². The van der Waals surface area contributed by atoms with Crippen LogP contribution in [0.3, 0.4) is 0 Å². The van der Waals surface area contributed by atoms with Gasteiger partial charge in [-0.2, -0.15) is 0 Å². The molecule has 2 aliphatic rings. The highest BCUT2D eigenvalue weighted by Gasteiger charge is 2.46. The molecule has 2 saturated carbocycles. The first-order valence-corrected chi connectivity index (χ1v) is 7.45. The number of rotatable bonds is 2. The molecule has 2 aliphatic carbocycles. The number of nitrogens with zero attached hydrogens (tertiary/aromatic N) is 2. The Morgan fingerprint density at radius 1 is 1.39 bits per heavy atom. The van der Waals surface area contributed by atoms with Crippen molar-refractivity contribution in [1.29, 1.82) is 0 Å². The summed E-state index contributed by atoms with van der Waals surface area (Å²) in [6.45, 7) is 2.17. The van der Waals surface area contributed by atoms with Gasteiger partial charge in [0.05, 0.1) is 6.10 Å². The van der Waals surface area contributed by atoms with E-state index in [4.69, 9.17) is 0 Å². The summed E-state index contributed by atoms with van der Waals surface area (Å²) in [4.78, 5) is 4.47. The third kappa shape index (κ3) is 1.89. The normalized spacial score (nSPS) is 31.0. The van der Waals surface area contributed by atoms with Crippen LogP contribution in [0.15, 0.2) is 12.4 Å². The molecule has 3 nitrogen and oxygen atoms in total. The second-order valence-electron chi connectivity index (χ2n) is 6.12. The quantitative estimate of drug-likeness (QED) is 0.873. The highest BCUT2D eigenvalue weighted by atomic mass is 16.3. The lowest BCUT2D eigenvalue weighted by atomic mass is 9.68. The van der Waals surface area contributed by atoms with Crippen molar-refractivity contribution < 1.29 is 5.11 Å². The average Bonchev–Trinajstić information content (AvgIpc) is 3.02. The number of hydrogen-bond acceptors (Lipinski definition) is 2. The molecule has 1 spiro atoms. The zero-order chi connectivity index (χ0) is 12.6. The topological polar surface area (TPSA) is 38.0 Å². The fraction of sp³-hybridized carbons (Fsp3) is 0.800. The van der Waals surface area contributed by atoms with Crippen LogP contribution in [0, 0.1) is 5.41 Å². The Kier molecular flexibility index (Phi) is 3.18. The minimum absolute atomic E-state index is 0.117. The monoisotopic (exact) mass is 248 g/mol. The predicted molar refractivity (Wildman–Crippen MR) is 71.4 cm³/mol. The van der Waals surface area contributed by atoms with Crippen molar-refractivity contribution in [2.75, 3.05) is 0 Å². The van der Waals surface area contributed by atoms with Crippen LogP contribution >= 0.6 is 0 Å². The summed E-state index contributed by atoms with van der Waals surface area (Å²) in [7, 11) is 0. The van der Waals surface area contributed by atoms with Gasteiger partial charge in [-0.3, -0.25) is 0 Å². The molecule has 0 aliphatic heterocycles. The summed E-state index contributed by atoms with van der Waals surface area (Å²) in [5.41, 5.74) is 0.448. The molecular weight excluding hydrogens is 224 g/mol. The summed E-state index contributed by atoms with van der Waals surface area (Å²) in [6.07, 6.45) is 13.4. The van der Waals surface area contributed by atoms with Crippen LogP contribution < -0.4 is 0 Å². The van der Waals surface area contributed by atoms with Crippen molar-refractivity contribution in [1.82, 2.24) is 9.55 Å². The van der Waals surface area contributed by atoms with Gasteiger partial charge in [0, 0.05) is 24.9 Å². The highest BCUT2D eigenvalue weighted by Crippen LogP contribution is 2.54. The standard InChI is InChI=1S/C15H24N2O/c1-2-14-16-9-10-17(14)13-11-12(18)5-8-15(13)6-3-4-7-15/h9-10,12-13,18H,2-8,11H2,1H3. The molecule has 1 aromatic rings. The zero-order valence-electron chi connectivity index (χ0n) is 11.3. The minimum atomic E-state index is -0.117. The van der Waals surface area contributed by atoms with Crippen LogP contribution in [0.1, 0.15) is 63.7 Å². The van der Waals surface area contributed by atoms with Gasteiger partial charge in [-0.05, 0) is 37.5 Å². The summed E-state index contributed by atoms with van der Waals surface area (Å²) in [5, 5.41) is 10.1. The number of aliphatic hydroxyl groups excluding tert-OH is 1. The summed E-state index contributed by atoms with van der Waals surface area (Å²) >= 11 is 0. The maximum Gasteiger partial charge on any atom is 0.108 e. The number of aryl methyl sites for hydroxylation is 1. The fourth-order valence-corrected chi connectivity index (χ4v) is 4.22. The van der Waals surface area contributed by atoms with E-state index in [1.165, 1.54) is 37.9 Å². The third-order valence-corrected chi connectivity index (χ3v) is 5.18. The average molecular weight is 248 g/mol. The Morgan fingerprint density at radius 3 is 2.89 bits per heavy atom. The summed E-state index contributed by atoms with van der Waals surface area (Å²) in [6, 6.07) is 0.473. The maximum absolute atomic E-state index is 10.1. The molecule has 1 N–H and O–H groups in total. The molecule has 1 heterocycles. The summed E-state index contributed by atoms with van der Waals surface area (Å²) in [5.74, 6) is 1.18. The molecular formula is C15H24N2O. The summed E-state index contributed by atoms with van der Waals surface area (Å²) < 4.78 is 2.37. The lowest BCUT2D eigenvalue weighted by Gasteiger charge is -2.44. The first-order chi connectivity index (χ1) is 8.75. The molecule has 100 valence electrons. The molecule has 0 saturated heterocycles. The van der Waals surface area contributed by atoms with Crippen LogP contribution in [0.4, 0.5) is 0 Å². The number of aromatic nitrogens is 2. The molecule has 2 unspecified atom stereocenters. The van der Waals surface area contributed by atoms with Crippen LogP contribution in [0.25, 0.3) is 0 Å². The smallest absolute Gasteiger partial charge is 0.108 e. The number of hydrogen-bond donors (Lipinski definition) is 1. The van der Waals surface area contributed by atoms with E-state index in [0.29, 0.717) is 11.5 Å². The van der Waals surface area contributed by atoms with Crippen LogP contribution in [-0.2, 0) is 6.42 Å².